The minimum absolute atomic E-state index is 0. The van der Waals surface area contributed by atoms with Crippen molar-refractivity contribution in [2.45, 2.75) is 18.5 Å². The molecule has 5 aromatic rings. The molecule has 6 rings (SSSR count). The zero-order valence-electron chi connectivity index (χ0n) is 20.6. The van der Waals surface area contributed by atoms with Crippen LogP contribution in [0.15, 0.2) is 102 Å². The first-order valence-electron chi connectivity index (χ1n) is 12.2. The Balaban J connectivity index is 0.00000308. The number of benzene rings is 3. The number of nitrogens with zero attached hydrogens (tertiary/aromatic N) is 1. The number of hydrogen-bond acceptors (Lipinski definition) is 3. The number of pyridine rings is 1. The molecule has 7 nitrogen and oxygen atoms in total. The van der Waals surface area contributed by atoms with Crippen molar-refractivity contribution in [2.75, 3.05) is 0 Å². The molecule has 1 aliphatic carbocycles. The minimum Gasteiger partial charge on any atom is -0.360 e. The van der Waals surface area contributed by atoms with Gasteiger partial charge < -0.3 is 15.6 Å². The molecule has 0 fully saturated rings. The summed E-state index contributed by atoms with van der Waals surface area (Å²) in [7, 11) is 0. The van der Waals surface area contributed by atoms with Crippen molar-refractivity contribution in [1.29, 1.82) is 0 Å². The number of hydrogen-bond donors (Lipinski definition) is 3. The third-order valence-electron chi connectivity index (χ3n) is 6.96. The molecule has 2 atom stereocenters. The lowest BCUT2D eigenvalue weighted by Crippen LogP contribution is -2.44. The second-order valence-corrected chi connectivity index (χ2v) is 9.69. The number of carbonyl (C=O) groups excluding carboxylic acids is 2. The molecular weight excluding hydrogens is 532 g/mol. The Labute approximate surface area is 236 Å². The van der Waals surface area contributed by atoms with E-state index in [-0.39, 0.29) is 36.9 Å². The SMILES string of the molecule is O=C(N[C@@H]1Cc2ccccc2[C@@H]1NC(=O)c1ccc(-n2ccccc2=O)cc1)c1ccc2c(Cl)c[nH]c2c1.S. The molecule has 0 radical (unpaired) electrons. The zero-order chi connectivity index (χ0) is 26.2. The number of aromatic nitrogens is 2. The van der Waals surface area contributed by atoms with E-state index >= 15 is 0 Å². The molecule has 3 aromatic carbocycles. The topological polar surface area (TPSA) is 96.0 Å². The van der Waals surface area contributed by atoms with Crippen molar-refractivity contribution in [1.82, 2.24) is 20.2 Å². The van der Waals surface area contributed by atoms with Crippen molar-refractivity contribution >= 4 is 47.8 Å². The monoisotopic (exact) mass is 556 g/mol. The lowest BCUT2D eigenvalue weighted by molar-refractivity contribution is 0.0888. The van der Waals surface area contributed by atoms with Gasteiger partial charge in [-0.1, -0.05) is 48.0 Å². The van der Waals surface area contributed by atoms with Gasteiger partial charge in [0.05, 0.1) is 17.1 Å². The number of amides is 2. The second-order valence-electron chi connectivity index (χ2n) is 9.29. The van der Waals surface area contributed by atoms with E-state index in [1.54, 1.807) is 60.9 Å². The first-order chi connectivity index (χ1) is 18.5. The summed E-state index contributed by atoms with van der Waals surface area (Å²) in [5.41, 5.74) is 4.32. The molecule has 0 bridgehead atoms. The van der Waals surface area contributed by atoms with Crippen LogP contribution in [0.2, 0.25) is 5.02 Å². The summed E-state index contributed by atoms with van der Waals surface area (Å²) >= 11 is 6.17. The number of H-pyrrole nitrogens is 1. The molecule has 1 aliphatic rings. The summed E-state index contributed by atoms with van der Waals surface area (Å²) in [4.78, 5) is 41.7. The molecule has 0 saturated carbocycles. The summed E-state index contributed by atoms with van der Waals surface area (Å²) in [5, 5.41) is 7.69. The van der Waals surface area contributed by atoms with E-state index in [1.165, 1.54) is 10.6 Å². The van der Waals surface area contributed by atoms with Gasteiger partial charge in [0.2, 0.25) is 0 Å². The highest BCUT2D eigenvalue weighted by molar-refractivity contribution is 7.59. The van der Waals surface area contributed by atoms with Gasteiger partial charge in [-0.15, -0.1) is 0 Å². The van der Waals surface area contributed by atoms with E-state index in [9.17, 15) is 14.4 Å². The van der Waals surface area contributed by atoms with Crippen molar-refractivity contribution in [2.24, 2.45) is 0 Å². The Bertz CT molecular complexity index is 1750. The van der Waals surface area contributed by atoms with Crippen LogP contribution in [-0.2, 0) is 6.42 Å². The van der Waals surface area contributed by atoms with Crippen LogP contribution < -0.4 is 16.2 Å². The predicted molar refractivity (Wildman–Crippen MR) is 157 cm³/mol. The highest BCUT2D eigenvalue weighted by Gasteiger charge is 2.34. The fourth-order valence-corrected chi connectivity index (χ4v) is 5.25. The molecule has 9 heteroatoms. The van der Waals surface area contributed by atoms with Crippen molar-refractivity contribution in [3.05, 3.63) is 135 Å². The third-order valence-corrected chi connectivity index (χ3v) is 7.27. The standard InChI is InChI=1S/C30H23ClN4O3.H2S/c31-24-17-32-25-16-20(10-13-23(24)25)30(38)33-26-15-19-5-1-2-6-22(19)28(26)34-29(37)18-8-11-21(12-9-18)35-14-4-3-7-27(35)36;/h1-14,16-17,26,28,32H,15H2,(H,33,38)(H,34,37);1H2/t26-,28+;/m1./s1. The summed E-state index contributed by atoms with van der Waals surface area (Å²) in [6, 6.07) is 24.3. The zero-order valence-corrected chi connectivity index (χ0v) is 22.4. The van der Waals surface area contributed by atoms with E-state index in [0.717, 1.165) is 22.0 Å². The van der Waals surface area contributed by atoms with Gasteiger partial charge in [0, 0.05) is 46.2 Å². The maximum Gasteiger partial charge on any atom is 0.255 e. The number of fused-ring (bicyclic) bond motifs is 2. The van der Waals surface area contributed by atoms with Crippen LogP contribution in [0.5, 0.6) is 0 Å². The van der Waals surface area contributed by atoms with E-state index in [0.29, 0.717) is 28.3 Å². The van der Waals surface area contributed by atoms with Crippen LogP contribution in [0, 0.1) is 0 Å². The van der Waals surface area contributed by atoms with Crippen LogP contribution in [-0.4, -0.2) is 27.4 Å². The van der Waals surface area contributed by atoms with Crippen LogP contribution in [0.4, 0.5) is 0 Å². The largest absolute Gasteiger partial charge is 0.360 e. The van der Waals surface area contributed by atoms with Gasteiger partial charge in [-0.3, -0.25) is 19.0 Å². The Hall–Kier alpha value is -4.27. The van der Waals surface area contributed by atoms with E-state index < -0.39 is 6.04 Å². The Morgan fingerprint density at radius 3 is 2.38 bits per heavy atom. The molecular formula is C30H25ClN4O3S. The summed E-state index contributed by atoms with van der Waals surface area (Å²) in [6.07, 6.45) is 3.97. The summed E-state index contributed by atoms with van der Waals surface area (Å²) < 4.78 is 1.51. The average molecular weight is 557 g/mol. The van der Waals surface area contributed by atoms with Crippen molar-refractivity contribution < 1.29 is 9.59 Å². The van der Waals surface area contributed by atoms with E-state index in [1.807, 2.05) is 30.3 Å². The second kappa shape index (κ2) is 10.8. The number of aromatic amines is 1. The van der Waals surface area contributed by atoms with Crippen LogP contribution >= 0.6 is 25.1 Å². The highest BCUT2D eigenvalue weighted by atomic mass is 35.5. The quantitative estimate of drug-likeness (QED) is 0.287. The normalized spacial score (nSPS) is 15.8. The molecule has 0 unspecified atom stereocenters. The average Bonchev–Trinajstić information content (AvgIpc) is 3.48. The summed E-state index contributed by atoms with van der Waals surface area (Å²) in [5.74, 6) is -0.493. The van der Waals surface area contributed by atoms with Crippen LogP contribution in [0.1, 0.15) is 37.9 Å². The molecule has 0 aliphatic heterocycles. The van der Waals surface area contributed by atoms with Gasteiger partial charge in [-0.2, -0.15) is 13.5 Å². The van der Waals surface area contributed by atoms with E-state index in [2.05, 4.69) is 15.6 Å². The minimum atomic E-state index is -0.400. The molecule has 39 heavy (non-hydrogen) atoms. The molecule has 196 valence electrons. The maximum absolute atomic E-state index is 13.3. The molecule has 3 N–H and O–H groups in total. The maximum atomic E-state index is 13.3. The van der Waals surface area contributed by atoms with Crippen molar-refractivity contribution in [3.63, 3.8) is 0 Å². The molecule has 2 heterocycles. The Kier molecular flexibility index (Phi) is 7.32. The molecule has 0 spiro atoms. The smallest absolute Gasteiger partial charge is 0.255 e. The third kappa shape index (κ3) is 5.08. The predicted octanol–water partition coefficient (Wildman–Crippen LogP) is 4.91. The number of halogens is 1. The highest BCUT2D eigenvalue weighted by Crippen LogP contribution is 2.32. The molecule has 2 aromatic heterocycles. The van der Waals surface area contributed by atoms with Crippen molar-refractivity contribution in [3.8, 4) is 5.69 Å². The van der Waals surface area contributed by atoms with Gasteiger partial charge in [0.1, 0.15) is 0 Å². The Morgan fingerprint density at radius 1 is 0.872 bits per heavy atom. The van der Waals surface area contributed by atoms with Gasteiger partial charge in [0.25, 0.3) is 17.4 Å². The first-order valence-corrected chi connectivity index (χ1v) is 12.6. The van der Waals surface area contributed by atoms with Gasteiger partial charge in [-0.25, -0.2) is 0 Å². The fourth-order valence-electron chi connectivity index (χ4n) is 5.03. The van der Waals surface area contributed by atoms with E-state index in [4.69, 9.17) is 11.6 Å². The van der Waals surface area contributed by atoms with Gasteiger partial charge >= 0.3 is 0 Å². The summed E-state index contributed by atoms with van der Waals surface area (Å²) in [6.45, 7) is 0. The number of carbonyl (C=O) groups is 2. The fraction of sp³-hybridized carbons (Fsp3) is 0.100. The Morgan fingerprint density at radius 2 is 1.59 bits per heavy atom. The lowest BCUT2D eigenvalue weighted by Gasteiger charge is -2.23. The number of rotatable bonds is 5. The molecule has 0 saturated heterocycles. The van der Waals surface area contributed by atoms with Crippen LogP contribution in [0.25, 0.3) is 16.6 Å². The number of nitrogens with one attached hydrogen (secondary N) is 3. The van der Waals surface area contributed by atoms with Gasteiger partial charge in [-0.05, 0) is 60.0 Å². The van der Waals surface area contributed by atoms with Crippen LogP contribution in [0.3, 0.4) is 0 Å². The lowest BCUT2D eigenvalue weighted by atomic mass is 10.1. The first kappa shape index (κ1) is 26.3. The molecule has 2 amide bonds. The van der Waals surface area contributed by atoms with Gasteiger partial charge in [0.15, 0.2) is 0 Å².